The molecule has 0 aromatic heterocycles. The second-order valence-corrected chi connectivity index (χ2v) is 7.82. The van der Waals surface area contributed by atoms with Crippen LogP contribution in [0.3, 0.4) is 0 Å². The number of carbonyl (C=O) groups excluding carboxylic acids is 2. The quantitative estimate of drug-likeness (QED) is 0.710. The van der Waals surface area contributed by atoms with Crippen LogP contribution in [0, 0.1) is 0 Å². The predicted molar refractivity (Wildman–Crippen MR) is 113 cm³/mol. The molecule has 0 aliphatic heterocycles. The Morgan fingerprint density at radius 2 is 1.59 bits per heavy atom. The van der Waals surface area contributed by atoms with Crippen molar-refractivity contribution in [3.8, 4) is 11.1 Å². The maximum Gasteiger partial charge on any atom is 0.408 e. The molecule has 0 saturated heterocycles. The first-order chi connectivity index (χ1) is 13.7. The highest BCUT2D eigenvalue weighted by Crippen LogP contribution is 2.20. The lowest BCUT2D eigenvalue weighted by Gasteiger charge is -2.25. The maximum absolute atomic E-state index is 12.6. The van der Waals surface area contributed by atoms with Crippen LogP contribution in [-0.4, -0.2) is 42.9 Å². The Hall–Kier alpha value is -2.86. The van der Waals surface area contributed by atoms with Gasteiger partial charge in [0.2, 0.25) is 0 Å². The second-order valence-electron chi connectivity index (χ2n) is 7.82. The predicted octanol–water partition coefficient (Wildman–Crippen LogP) is 4.20. The van der Waals surface area contributed by atoms with Crippen molar-refractivity contribution in [2.75, 3.05) is 14.2 Å². The summed E-state index contributed by atoms with van der Waals surface area (Å²) in [5.41, 5.74) is 2.72. The standard InChI is InChI=1S/C23H30N2O4/c1-23(2,3)29-22(27)24-20(21(26)25(4)28-5)16-13-17-11-14-19(15-12-17)18-9-7-6-8-10-18/h6-12,14-15,20H,13,16H2,1-5H3,(H,24,27)/t20-/m1/s1. The summed E-state index contributed by atoms with van der Waals surface area (Å²) in [6.45, 7) is 5.33. The number of nitrogens with zero attached hydrogens (tertiary/aromatic N) is 1. The number of hydroxylamine groups is 2. The van der Waals surface area contributed by atoms with Gasteiger partial charge >= 0.3 is 6.09 Å². The highest BCUT2D eigenvalue weighted by Gasteiger charge is 2.26. The summed E-state index contributed by atoms with van der Waals surface area (Å²) < 4.78 is 5.29. The molecule has 6 nitrogen and oxygen atoms in total. The molecule has 2 rings (SSSR count). The van der Waals surface area contributed by atoms with Crippen molar-refractivity contribution in [1.82, 2.24) is 10.4 Å². The van der Waals surface area contributed by atoms with Gasteiger partial charge in [-0.05, 0) is 50.3 Å². The van der Waals surface area contributed by atoms with E-state index in [2.05, 4.69) is 29.6 Å². The summed E-state index contributed by atoms with van der Waals surface area (Å²) in [6.07, 6.45) is 0.426. The largest absolute Gasteiger partial charge is 0.444 e. The average Bonchev–Trinajstić information content (AvgIpc) is 2.69. The van der Waals surface area contributed by atoms with E-state index in [0.717, 1.165) is 21.8 Å². The first-order valence-electron chi connectivity index (χ1n) is 9.65. The highest BCUT2D eigenvalue weighted by molar-refractivity contribution is 5.84. The fourth-order valence-corrected chi connectivity index (χ4v) is 2.82. The lowest BCUT2D eigenvalue weighted by molar-refractivity contribution is -0.171. The fraction of sp³-hybridized carbons (Fsp3) is 0.391. The number of hydrogen-bond donors (Lipinski definition) is 1. The van der Waals surface area contributed by atoms with Crippen molar-refractivity contribution in [2.24, 2.45) is 0 Å². The van der Waals surface area contributed by atoms with E-state index in [1.54, 1.807) is 20.8 Å². The van der Waals surface area contributed by atoms with Crippen LogP contribution in [0.25, 0.3) is 11.1 Å². The molecule has 6 heteroatoms. The molecule has 1 N–H and O–H groups in total. The lowest BCUT2D eigenvalue weighted by Crippen LogP contribution is -2.48. The molecule has 29 heavy (non-hydrogen) atoms. The number of benzene rings is 2. The smallest absolute Gasteiger partial charge is 0.408 e. The van der Waals surface area contributed by atoms with Gasteiger partial charge in [0.05, 0.1) is 7.11 Å². The van der Waals surface area contributed by atoms with Gasteiger partial charge in [-0.25, -0.2) is 9.86 Å². The van der Waals surface area contributed by atoms with Crippen LogP contribution < -0.4 is 5.32 Å². The molecular weight excluding hydrogens is 368 g/mol. The van der Waals surface area contributed by atoms with Gasteiger partial charge in [-0.3, -0.25) is 9.63 Å². The van der Waals surface area contributed by atoms with Gasteiger partial charge in [-0.1, -0.05) is 54.6 Å². The van der Waals surface area contributed by atoms with Crippen LogP contribution >= 0.6 is 0 Å². The van der Waals surface area contributed by atoms with E-state index in [4.69, 9.17) is 9.57 Å². The average molecular weight is 399 g/mol. The number of aryl methyl sites for hydroxylation is 1. The van der Waals surface area contributed by atoms with Crippen molar-refractivity contribution in [2.45, 2.75) is 45.3 Å². The Morgan fingerprint density at radius 1 is 1.00 bits per heavy atom. The number of alkyl carbamates (subject to hydrolysis) is 1. The topological polar surface area (TPSA) is 67.9 Å². The minimum atomic E-state index is -0.747. The number of amides is 2. The van der Waals surface area contributed by atoms with Crippen LogP contribution in [-0.2, 0) is 20.8 Å². The molecule has 0 saturated carbocycles. The number of rotatable bonds is 7. The minimum Gasteiger partial charge on any atom is -0.444 e. The van der Waals surface area contributed by atoms with Gasteiger partial charge in [0, 0.05) is 7.05 Å². The van der Waals surface area contributed by atoms with Crippen LogP contribution in [0.5, 0.6) is 0 Å². The van der Waals surface area contributed by atoms with E-state index in [1.807, 2.05) is 30.3 Å². The van der Waals surface area contributed by atoms with Crippen LogP contribution in [0.4, 0.5) is 4.79 Å². The third-order valence-corrected chi connectivity index (χ3v) is 4.36. The molecule has 156 valence electrons. The molecule has 0 bridgehead atoms. The van der Waals surface area contributed by atoms with Crippen molar-refractivity contribution < 1.29 is 19.2 Å². The van der Waals surface area contributed by atoms with E-state index < -0.39 is 17.7 Å². The third kappa shape index (κ3) is 7.23. The zero-order chi connectivity index (χ0) is 21.4. The molecular formula is C23H30N2O4. The van der Waals surface area contributed by atoms with Crippen molar-refractivity contribution in [3.05, 3.63) is 60.2 Å². The molecule has 0 radical (unpaired) electrons. The molecule has 1 atom stereocenters. The summed E-state index contributed by atoms with van der Waals surface area (Å²) in [5, 5.41) is 3.78. The molecule has 2 aromatic rings. The van der Waals surface area contributed by atoms with Crippen LogP contribution in [0.2, 0.25) is 0 Å². The lowest BCUT2D eigenvalue weighted by atomic mass is 10.0. The maximum atomic E-state index is 12.6. The zero-order valence-electron chi connectivity index (χ0n) is 17.8. The van der Waals surface area contributed by atoms with Gasteiger partial charge in [0.1, 0.15) is 11.6 Å². The number of nitrogens with one attached hydrogen (secondary N) is 1. The minimum absolute atomic E-state index is 0.334. The summed E-state index contributed by atoms with van der Waals surface area (Å²) in [7, 11) is 2.92. The Labute approximate surface area is 172 Å². The van der Waals surface area contributed by atoms with Crippen LogP contribution in [0.1, 0.15) is 32.8 Å². The van der Waals surface area contributed by atoms with Crippen molar-refractivity contribution in [1.29, 1.82) is 0 Å². The normalized spacial score (nSPS) is 12.2. The molecule has 0 aliphatic carbocycles. The molecule has 0 fully saturated rings. The number of ether oxygens (including phenoxy) is 1. The monoisotopic (exact) mass is 398 g/mol. The first-order valence-corrected chi connectivity index (χ1v) is 9.65. The summed E-state index contributed by atoms with van der Waals surface area (Å²) >= 11 is 0. The second kappa shape index (κ2) is 10.1. The van der Waals surface area contributed by atoms with Gasteiger partial charge in [-0.15, -0.1) is 0 Å². The van der Waals surface area contributed by atoms with E-state index in [-0.39, 0.29) is 5.91 Å². The summed E-state index contributed by atoms with van der Waals surface area (Å²) in [4.78, 5) is 29.7. The Bertz CT molecular complexity index is 798. The van der Waals surface area contributed by atoms with E-state index in [0.29, 0.717) is 12.8 Å². The fourth-order valence-electron chi connectivity index (χ4n) is 2.82. The number of likely N-dealkylation sites (N-methyl/N-ethyl adjacent to an activating group) is 1. The van der Waals surface area contributed by atoms with E-state index >= 15 is 0 Å². The highest BCUT2D eigenvalue weighted by atomic mass is 16.7. The molecule has 0 aliphatic rings. The molecule has 0 heterocycles. The molecule has 0 spiro atoms. The van der Waals surface area contributed by atoms with Gasteiger partial charge in [0.25, 0.3) is 5.91 Å². The third-order valence-electron chi connectivity index (χ3n) is 4.36. The van der Waals surface area contributed by atoms with Crippen molar-refractivity contribution in [3.63, 3.8) is 0 Å². The number of hydrogen-bond acceptors (Lipinski definition) is 4. The number of carbonyl (C=O) groups is 2. The van der Waals surface area contributed by atoms with Gasteiger partial charge < -0.3 is 10.1 Å². The van der Waals surface area contributed by atoms with E-state index in [9.17, 15) is 9.59 Å². The Morgan fingerprint density at radius 3 is 2.14 bits per heavy atom. The van der Waals surface area contributed by atoms with Crippen molar-refractivity contribution >= 4 is 12.0 Å². The van der Waals surface area contributed by atoms with Crippen LogP contribution in [0.15, 0.2) is 54.6 Å². The molecule has 2 amide bonds. The Kier molecular flexibility index (Phi) is 7.79. The SMILES string of the molecule is CON(C)C(=O)[C@@H](CCc1ccc(-c2ccccc2)cc1)NC(=O)OC(C)(C)C. The molecule has 0 unspecified atom stereocenters. The summed E-state index contributed by atoms with van der Waals surface area (Å²) in [5.74, 6) is -0.334. The zero-order valence-corrected chi connectivity index (χ0v) is 17.8. The van der Waals surface area contributed by atoms with Gasteiger partial charge in [-0.2, -0.15) is 0 Å². The Balaban J connectivity index is 2.04. The van der Waals surface area contributed by atoms with Gasteiger partial charge in [0.15, 0.2) is 0 Å². The first kappa shape index (κ1) is 22.4. The molecule has 2 aromatic carbocycles. The van der Waals surface area contributed by atoms with E-state index in [1.165, 1.54) is 14.2 Å². The summed E-state index contributed by atoms with van der Waals surface area (Å²) in [6, 6.07) is 17.6.